The molecule has 1 saturated carbocycles. The molecule has 0 spiro atoms. The van der Waals surface area contributed by atoms with Crippen LogP contribution in [0, 0.1) is 13.8 Å². The van der Waals surface area contributed by atoms with Gasteiger partial charge >= 0.3 is 0 Å². The van der Waals surface area contributed by atoms with Crippen LogP contribution in [0.15, 0.2) is 6.07 Å². The van der Waals surface area contributed by atoms with Crippen LogP contribution >= 0.6 is 11.6 Å². The topological polar surface area (TPSA) is 46.2 Å². The van der Waals surface area contributed by atoms with Crippen molar-refractivity contribution in [2.24, 2.45) is 5.73 Å². The molecule has 3 heteroatoms. The van der Waals surface area contributed by atoms with Crippen molar-refractivity contribution in [3.63, 3.8) is 0 Å². The minimum absolute atomic E-state index is 0.0808. The van der Waals surface area contributed by atoms with E-state index < -0.39 is 0 Å². The Morgan fingerprint density at radius 1 is 1.47 bits per heavy atom. The van der Waals surface area contributed by atoms with Gasteiger partial charge in [-0.15, -0.1) is 0 Å². The van der Waals surface area contributed by atoms with Gasteiger partial charge in [0, 0.05) is 16.1 Å². The maximum absolute atomic E-state index is 10.0. The minimum Gasteiger partial charge on any atom is -0.507 e. The summed E-state index contributed by atoms with van der Waals surface area (Å²) in [5.41, 5.74) is 8.71. The van der Waals surface area contributed by atoms with Crippen LogP contribution < -0.4 is 5.73 Å². The van der Waals surface area contributed by atoms with Crippen LogP contribution in [0.3, 0.4) is 0 Å². The van der Waals surface area contributed by atoms with Gasteiger partial charge in [0.1, 0.15) is 5.75 Å². The van der Waals surface area contributed by atoms with Gasteiger partial charge in [0.15, 0.2) is 0 Å². The first kappa shape index (κ1) is 10.8. The van der Waals surface area contributed by atoms with Crippen LogP contribution in [-0.4, -0.2) is 10.6 Å². The van der Waals surface area contributed by atoms with E-state index in [9.17, 15) is 5.11 Å². The van der Waals surface area contributed by atoms with Crippen LogP contribution in [0.5, 0.6) is 5.75 Å². The van der Waals surface area contributed by atoms with Gasteiger partial charge in [-0.1, -0.05) is 11.6 Å². The second-order valence-electron chi connectivity index (χ2n) is 4.67. The highest BCUT2D eigenvalue weighted by Gasteiger charge is 2.39. The number of phenolic OH excluding ortho intramolecular Hbond substituents is 1. The van der Waals surface area contributed by atoms with Gasteiger partial charge in [-0.05, 0) is 50.3 Å². The second kappa shape index (κ2) is 3.39. The maximum atomic E-state index is 10.0. The quantitative estimate of drug-likeness (QED) is 0.813. The molecule has 0 radical (unpaired) electrons. The lowest BCUT2D eigenvalue weighted by atomic mass is 9.96. The third-order valence-electron chi connectivity index (χ3n) is 3.24. The molecule has 0 aromatic heterocycles. The minimum atomic E-state index is -0.0808. The van der Waals surface area contributed by atoms with E-state index in [1.165, 1.54) is 0 Å². The number of hydrogen-bond acceptors (Lipinski definition) is 2. The fourth-order valence-corrected chi connectivity index (χ4v) is 2.08. The maximum Gasteiger partial charge on any atom is 0.123 e. The highest BCUT2D eigenvalue weighted by molar-refractivity contribution is 6.31. The molecule has 2 rings (SSSR count). The van der Waals surface area contributed by atoms with E-state index in [0.29, 0.717) is 10.8 Å². The first-order chi connectivity index (χ1) is 6.93. The molecule has 82 valence electrons. The average Bonchev–Trinajstić information content (AvgIpc) is 2.89. The molecule has 0 amide bonds. The summed E-state index contributed by atoms with van der Waals surface area (Å²) in [5.74, 6) is 0.316. The zero-order chi connectivity index (χ0) is 11.2. The standard InChI is InChI=1S/C12H16ClNO/c1-7-5-10(13)8(2)11(15)9(7)6-12(14)3-4-12/h5,15H,3-4,6,14H2,1-2H3. The summed E-state index contributed by atoms with van der Waals surface area (Å²) in [7, 11) is 0. The van der Waals surface area contributed by atoms with E-state index in [4.69, 9.17) is 17.3 Å². The summed E-state index contributed by atoms with van der Waals surface area (Å²) in [5, 5.41) is 10.6. The monoisotopic (exact) mass is 225 g/mol. The highest BCUT2D eigenvalue weighted by atomic mass is 35.5. The molecule has 0 aliphatic heterocycles. The Kier molecular flexibility index (Phi) is 2.44. The molecule has 1 aliphatic rings. The summed E-state index contributed by atoms with van der Waals surface area (Å²) < 4.78 is 0. The second-order valence-corrected chi connectivity index (χ2v) is 5.07. The van der Waals surface area contributed by atoms with E-state index in [1.807, 2.05) is 19.9 Å². The summed E-state index contributed by atoms with van der Waals surface area (Å²) in [6, 6.07) is 1.90. The van der Waals surface area contributed by atoms with E-state index in [1.54, 1.807) is 0 Å². The SMILES string of the molecule is Cc1cc(Cl)c(C)c(O)c1CC1(N)CC1. The predicted molar refractivity (Wildman–Crippen MR) is 62.4 cm³/mol. The zero-order valence-electron chi connectivity index (χ0n) is 9.10. The Morgan fingerprint density at radius 3 is 2.60 bits per heavy atom. The summed E-state index contributed by atoms with van der Waals surface area (Å²) in [6.45, 7) is 3.79. The molecular formula is C12H16ClNO. The van der Waals surface area contributed by atoms with E-state index in [2.05, 4.69) is 0 Å². The van der Waals surface area contributed by atoms with Crippen LogP contribution in [0.2, 0.25) is 5.02 Å². The molecule has 2 nitrogen and oxygen atoms in total. The molecule has 3 N–H and O–H groups in total. The number of halogens is 1. The summed E-state index contributed by atoms with van der Waals surface area (Å²) in [6.07, 6.45) is 2.85. The number of rotatable bonds is 2. The van der Waals surface area contributed by atoms with Crippen molar-refractivity contribution in [2.75, 3.05) is 0 Å². The smallest absolute Gasteiger partial charge is 0.123 e. The van der Waals surface area contributed by atoms with Gasteiger partial charge in [0.05, 0.1) is 0 Å². The Morgan fingerprint density at radius 2 is 2.07 bits per heavy atom. The van der Waals surface area contributed by atoms with Gasteiger partial charge in [-0.2, -0.15) is 0 Å². The molecule has 0 saturated heterocycles. The van der Waals surface area contributed by atoms with E-state index >= 15 is 0 Å². The van der Waals surface area contributed by atoms with Gasteiger partial charge < -0.3 is 10.8 Å². The number of aromatic hydroxyl groups is 1. The molecular weight excluding hydrogens is 210 g/mol. The number of benzene rings is 1. The van der Waals surface area contributed by atoms with Crippen LogP contribution in [0.4, 0.5) is 0 Å². The first-order valence-electron chi connectivity index (χ1n) is 5.19. The third-order valence-corrected chi connectivity index (χ3v) is 3.63. The van der Waals surface area contributed by atoms with Crippen LogP contribution in [0.25, 0.3) is 0 Å². The predicted octanol–water partition coefficient (Wildman–Crippen LogP) is 2.70. The molecule has 1 aromatic carbocycles. The van der Waals surface area contributed by atoms with Gasteiger partial charge in [0.25, 0.3) is 0 Å². The first-order valence-corrected chi connectivity index (χ1v) is 5.57. The van der Waals surface area contributed by atoms with Crippen LogP contribution in [0.1, 0.15) is 29.5 Å². The van der Waals surface area contributed by atoms with Crippen molar-refractivity contribution in [2.45, 2.75) is 38.6 Å². The Balaban J connectivity index is 2.41. The number of aryl methyl sites for hydroxylation is 1. The fraction of sp³-hybridized carbons (Fsp3) is 0.500. The lowest BCUT2D eigenvalue weighted by molar-refractivity contribution is 0.458. The molecule has 0 unspecified atom stereocenters. The number of nitrogens with two attached hydrogens (primary N) is 1. The molecule has 15 heavy (non-hydrogen) atoms. The van der Waals surface area contributed by atoms with Crippen LogP contribution in [-0.2, 0) is 6.42 Å². The third kappa shape index (κ3) is 1.97. The molecule has 0 atom stereocenters. The van der Waals surface area contributed by atoms with Crippen molar-refractivity contribution in [3.05, 3.63) is 27.8 Å². The van der Waals surface area contributed by atoms with Gasteiger partial charge in [0.2, 0.25) is 0 Å². The van der Waals surface area contributed by atoms with Gasteiger partial charge in [-0.3, -0.25) is 0 Å². The van der Waals surface area contributed by atoms with Crippen molar-refractivity contribution in [1.29, 1.82) is 0 Å². The largest absolute Gasteiger partial charge is 0.507 e. The van der Waals surface area contributed by atoms with Crippen molar-refractivity contribution in [3.8, 4) is 5.75 Å². The normalized spacial score (nSPS) is 17.9. The molecule has 0 bridgehead atoms. The van der Waals surface area contributed by atoms with E-state index in [0.717, 1.165) is 36.0 Å². The lowest BCUT2D eigenvalue weighted by Gasteiger charge is -2.15. The molecule has 1 aromatic rings. The average molecular weight is 226 g/mol. The van der Waals surface area contributed by atoms with Crippen molar-refractivity contribution < 1.29 is 5.11 Å². The van der Waals surface area contributed by atoms with Crippen molar-refractivity contribution >= 4 is 11.6 Å². The van der Waals surface area contributed by atoms with E-state index in [-0.39, 0.29) is 5.54 Å². The summed E-state index contributed by atoms with van der Waals surface area (Å²) in [4.78, 5) is 0. The fourth-order valence-electron chi connectivity index (χ4n) is 1.82. The molecule has 1 fully saturated rings. The Hall–Kier alpha value is -0.730. The Labute approximate surface area is 95.1 Å². The number of hydrogen-bond donors (Lipinski definition) is 2. The summed E-state index contributed by atoms with van der Waals surface area (Å²) >= 11 is 5.99. The molecule has 0 heterocycles. The molecule has 1 aliphatic carbocycles. The van der Waals surface area contributed by atoms with Gasteiger partial charge in [-0.25, -0.2) is 0 Å². The lowest BCUT2D eigenvalue weighted by Crippen LogP contribution is -2.25. The number of phenols is 1. The Bertz CT molecular complexity index is 411. The highest BCUT2D eigenvalue weighted by Crippen LogP contribution is 2.40. The zero-order valence-corrected chi connectivity index (χ0v) is 9.86. The van der Waals surface area contributed by atoms with Crippen molar-refractivity contribution in [1.82, 2.24) is 0 Å².